The molecule has 0 radical (unpaired) electrons. The van der Waals surface area contributed by atoms with Crippen LogP contribution in [0.4, 0.5) is 10.1 Å². The lowest BCUT2D eigenvalue weighted by molar-refractivity contribution is 0.102. The number of allylic oxidation sites excluding steroid dienone is 3. The molecule has 1 fully saturated rings. The van der Waals surface area contributed by atoms with E-state index in [1.54, 1.807) is 24.3 Å². The highest BCUT2D eigenvalue weighted by molar-refractivity contribution is 6.37. The minimum Gasteiger partial charge on any atom is -0.381 e. The molecule has 0 saturated carbocycles. The SMILES string of the molecule is C/C=C1\C(C(F)=C2CCOCC2)=NN=C1c1ccccc1NC(=O)c1cc(Cl)nc(-c2ccccc2)n1. The number of carbonyl (C=O) groups excluding carboxylic acids is 1. The van der Waals surface area contributed by atoms with Crippen molar-refractivity contribution < 1.29 is 13.9 Å². The maximum Gasteiger partial charge on any atom is 0.274 e. The summed E-state index contributed by atoms with van der Waals surface area (Å²) in [6.45, 7) is 2.79. The van der Waals surface area contributed by atoms with Gasteiger partial charge < -0.3 is 10.1 Å². The second-order valence-electron chi connectivity index (χ2n) is 8.39. The zero-order valence-corrected chi connectivity index (χ0v) is 20.8. The summed E-state index contributed by atoms with van der Waals surface area (Å²) < 4.78 is 20.7. The average Bonchev–Trinajstić information content (AvgIpc) is 3.37. The van der Waals surface area contributed by atoms with E-state index >= 15 is 4.39 Å². The van der Waals surface area contributed by atoms with Crippen LogP contribution in [0.3, 0.4) is 0 Å². The normalized spacial score (nSPS) is 16.4. The molecule has 0 spiro atoms. The summed E-state index contributed by atoms with van der Waals surface area (Å²) in [5, 5.41) is 11.5. The van der Waals surface area contributed by atoms with Crippen molar-refractivity contribution in [2.24, 2.45) is 10.2 Å². The molecule has 3 aromatic rings. The summed E-state index contributed by atoms with van der Waals surface area (Å²) in [6, 6.07) is 17.8. The van der Waals surface area contributed by atoms with Gasteiger partial charge in [-0.2, -0.15) is 0 Å². The van der Waals surface area contributed by atoms with Crippen LogP contribution >= 0.6 is 11.6 Å². The molecule has 2 aromatic carbocycles. The number of rotatable bonds is 5. The minimum absolute atomic E-state index is 0.112. The van der Waals surface area contributed by atoms with E-state index < -0.39 is 5.91 Å². The van der Waals surface area contributed by atoms with Crippen molar-refractivity contribution in [3.8, 4) is 11.4 Å². The molecule has 9 heteroatoms. The van der Waals surface area contributed by atoms with E-state index in [1.165, 1.54) is 6.07 Å². The molecule has 0 unspecified atom stereocenters. The Hall–Kier alpha value is -4.01. The van der Waals surface area contributed by atoms with Crippen LogP contribution in [0, 0.1) is 0 Å². The highest BCUT2D eigenvalue weighted by Crippen LogP contribution is 2.30. The summed E-state index contributed by atoms with van der Waals surface area (Å²) in [5.41, 5.74) is 3.86. The number of ether oxygens (including phenoxy) is 1. The lowest BCUT2D eigenvalue weighted by Gasteiger charge is -2.16. The Labute approximate surface area is 218 Å². The van der Waals surface area contributed by atoms with Gasteiger partial charge in [0.25, 0.3) is 5.91 Å². The van der Waals surface area contributed by atoms with E-state index in [0.29, 0.717) is 60.0 Å². The third-order valence-electron chi connectivity index (χ3n) is 6.05. The lowest BCUT2D eigenvalue weighted by Crippen LogP contribution is -2.19. The number of hydrogen-bond acceptors (Lipinski definition) is 6. The second-order valence-corrected chi connectivity index (χ2v) is 8.78. The molecule has 1 saturated heterocycles. The molecular weight excluding hydrogens is 493 g/mol. The van der Waals surface area contributed by atoms with Gasteiger partial charge in [-0.05, 0) is 31.4 Å². The third-order valence-corrected chi connectivity index (χ3v) is 6.25. The Morgan fingerprint density at radius 2 is 1.76 bits per heavy atom. The van der Waals surface area contributed by atoms with E-state index in [0.717, 1.165) is 5.56 Å². The minimum atomic E-state index is -0.466. The highest BCUT2D eigenvalue weighted by atomic mass is 35.5. The predicted molar refractivity (Wildman–Crippen MR) is 143 cm³/mol. The van der Waals surface area contributed by atoms with Gasteiger partial charge in [-0.25, -0.2) is 14.4 Å². The van der Waals surface area contributed by atoms with E-state index in [4.69, 9.17) is 16.3 Å². The van der Waals surface area contributed by atoms with Crippen LogP contribution in [-0.4, -0.2) is 40.5 Å². The van der Waals surface area contributed by atoms with Crippen molar-refractivity contribution in [1.29, 1.82) is 0 Å². The number of para-hydroxylation sites is 1. The van der Waals surface area contributed by atoms with Crippen LogP contribution in [0.1, 0.15) is 35.8 Å². The molecule has 37 heavy (non-hydrogen) atoms. The Bertz CT molecular complexity index is 1470. The molecule has 186 valence electrons. The number of nitrogens with zero attached hydrogens (tertiary/aromatic N) is 4. The Morgan fingerprint density at radius 3 is 2.51 bits per heavy atom. The van der Waals surface area contributed by atoms with Crippen LogP contribution in [0.15, 0.2) is 93.9 Å². The first-order valence-electron chi connectivity index (χ1n) is 11.8. The number of amides is 1. The maximum atomic E-state index is 15.4. The maximum absolute atomic E-state index is 15.4. The monoisotopic (exact) mass is 515 g/mol. The molecule has 7 nitrogen and oxygen atoms in total. The predicted octanol–water partition coefficient (Wildman–Crippen LogP) is 6.19. The highest BCUT2D eigenvalue weighted by Gasteiger charge is 2.28. The van der Waals surface area contributed by atoms with Crippen LogP contribution in [0.2, 0.25) is 5.15 Å². The smallest absolute Gasteiger partial charge is 0.274 e. The summed E-state index contributed by atoms with van der Waals surface area (Å²) in [6.07, 6.45) is 2.83. The van der Waals surface area contributed by atoms with Gasteiger partial charge >= 0.3 is 0 Å². The fourth-order valence-corrected chi connectivity index (χ4v) is 4.38. The molecule has 1 amide bonds. The number of anilines is 1. The van der Waals surface area contributed by atoms with Crippen LogP contribution in [0.5, 0.6) is 0 Å². The van der Waals surface area contributed by atoms with Crippen LogP contribution in [-0.2, 0) is 4.74 Å². The van der Waals surface area contributed by atoms with E-state index in [1.807, 2.05) is 43.3 Å². The van der Waals surface area contributed by atoms with E-state index in [9.17, 15) is 4.79 Å². The summed E-state index contributed by atoms with van der Waals surface area (Å²) in [4.78, 5) is 21.9. The molecule has 1 aromatic heterocycles. The first-order chi connectivity index (χ1) is 18.0. The number of halogens is 2. The first-order valence-corrected chi connectivity index (χ1v) is 12.2. The third kappa shape index (κ3) is 5.26. The van der Waals surface area contributed by atoms with Crippen molar-refractivity contribution in [3.63, 3.8) is 0 Å². The summed E-state index contributed by atoms with van der Waals surface area (Å²) in [5.74, 6) is -0.482. The molecule has 5 rings (SSSR count). The number of hydrogen-bond donors (Lipinski definition) is 1. The van der Waals surface area contributed by atoms with Gasteiger partial charge in [-0.1, -0.05) is 66.2 Å². The van der Waals surface area contributed by atoms with Gasteiger partial charge in [0.2, 0.25) is 0 Å². The number of aromatic nitrogens is 2. The molecule has 2 aliphatic rings. The standard InChI is InChI=1S/C28H23ClFN5O2/c1-2-19-25(34-35-26(19)24(30)17-12-14-37-15-13-17)20-10-6-7-11-21(20)32-28(36)22-16-23(29)33-27(31-22)18-8-4-3-5-9-18/h2-11,16H,12-15H2,1H3,(H,32,36)/b19-2-. The number of carbonyl (C=O) groups is 1. The molecule has 3 heterocycles. The fraction of sp³-hybridized carbons (Fsp3) is 0.179. The van der Waals surface area contributed by atoms with Gasteiger partial charge in [-0.3, -0.25) is 4.79 Å². The molecule has 0 atom stereocenters. The van der Waals surface area contributed by atoms with Crippen molar-refractivity contribution in [2.45, 2.75) is 19.8 Å². The van der Waals surface area contributed by atoms with Gasteiger partial charge in [0.1, 0.15) is 22.3 Å². The van der Waals surface area contributed by atoms with Gasteiger partial charge in [0.05, 0.1) is 18.9 Å². The quantitative estimate of drug-likeness (QED) is 0.410. The lowest BCUT2D eigenvalue weighted by atomic mass is 9.94. The van der Waals surface area contributed by atoms with E-state index in [-0.39, 0.29) is 22.4 Å². The Morgan fingerprint density at radius 1 is 1.03 bits per heavy atom. The Kier molecular flexibility index (Phi) is 7.30. The van der Waals surface area contributed by atoms with Crippen molar-refractivity contribution in [1.82, 2.24) is 9.97 Å². The number of benzene rings is 2. The average molecular weight is 516 g/mol. The fourth-order valence-electron chi connectivity index (χ4n) is 4.19. The van der Waals surface area contributed by atoms with Crippen molar-refractivity contribution in [2.75, 3.05) is 18.5 Å². The van der Waals surface area contributed by atoms with Crippen molar-refractivity contribution in [3.05, 3.63) is 100 Å². The molecule has 0 bridgehead atoms. The summed E-state index contributed by atoms with van der Waals surface area (Å²) in [7, 11) is 0. The van der Waals surface area contributed by atoms with Gasteiger partial charge in [0, 0.05) is 22.8 Å². The van der Waals surface area contributed by atoms with Gasteiger partial charge in [0.15, 0.2) is 11.7 Å². The molecule has 1 N–H and O–H groups in total. The topological polar surface area (TPSA) is 88.8 Å². The Balaban J connectivity index is 1.42. The second kappa shape index (κ2) is 10.9. The molecule has 0 aliphatic carbocycles. The zero-order chi connectivity index (χ0) is 25.8. The van der Waals surface area contributed by atoms with Crippen LogP contribution in [0.25, 0.3) is 11.4 Å². The molecule has 2 aliphatic heterocycles. The van der Waals surface area contributed by atoms with Gasteiger partial charge in [-0.15, -0.1) is 10.2 Å². The van der Waals surface area contributed by atoms with E-state index in [2.05, 4.69) is 25.5 Å². The summed E-state index contributed by atoms with van der Waals surface area (Å²) >= 11 is 6.21. The largest absolute Gasteiger partial charge is 0.381 e. The molecular formula is C28H23ClFN5O2. The van der Waals surface area contributed by atoms with Crippen LogP contribution < -0.4 is 5.32 Å². The first kappa shape index (κ1) is 24.7. The van der Waals surface area contributed by atoms with Crippen molar-refractivity contribution >= 4 is 34.6 Å². The number of nitrogens with one attached hydrogen (secondary N) is 1. The zero-order valence-electron chi connectivity index (χ0n) is 20.0.